The number of nitrogens with zero attached hydrogens (tertiary/aromatic N) is 4. The zero-order valence-electron chi connectivity index (χ0n) is 19.3. The summed E-state index contributed by atoms with van der Waals surface area (Å²) >= 11 is 1.47. The number of carbonyl (C=O) groups is 2. The number of piperazine rings is 1. The number of thiazole rings is 1. The number of pyridine rings is 1. The summed E-state index contributed by atoms with van der Waals surface area (Å²) in [4.78, 5) is 37.8. The van der Waals surface area contributed by atoms with E-state index in [0.29, 0.717) is 37.1 Å². The van der Waals surface area contributed by atoms with E-state index >= 15 is 0 Å². The Morgan fingerprint density at radius 2 is 2.06 bits per heavy atom. The highest BCUT2D eigenvalue weighted by molar-refractivity contribution is 7.15. The lowest BCUT2D eigenvalue weighted by Gasteiger charge is -2.41. The second-order valence-electron chi connectivity index (χ2n) is 8.79. The first-order valence-electron chi connectivity index (χ1n) is 10.6. The van der Waals surface area contributed by atoms with Gasteiger partial charge in [-0.3, -0.25) is 9.69 Å². The minimum atomic E-state index is -0.554. The molecule has 0 aromatic carbocycles. The highest BCUT2D eigenvalue weighted by atomic mass is 32.1. The van der Waals surface area contributed by atoms with Crippen LogP contribution in [0.5, 0.6) is 5.88 Å². The highest BCUT2D eigenvalue weighted by Gasteiger charge is 2.33. The fourth-order valence-electron chi connectivity index (χ4n) is 3.57. The molecule has 0 aliphatic carbocycles. The molecule has 1 unspecified atom stereocenters. The summed E-state index contributed by atoms with van der Waals surface area (Å²) in [6.07, 6.45) is 3.87. The van der Waals surface area contributed by atoms with E-state index in [-0.39, 0.29) is 18.0 Å². The molecule has 2 aromatic heterocycles. The van der Waals surface area contributed by atoms with Gasteiger partial charge in [-0.1, -0.05) is 0 Å². The quantitative estimate of drug-likeness (QED) is 0.706. The molecule has 2 aromatic rings. The lowest BCUT2D eigenvalue weighted by atomic mass is 10.0. The van der Waals surface area contributed by atoms with E-state index in [2.05, 4.69) is 20.2 Å². The second-order valence-corrected chi connectivity index (χ2v) is 9.90. The minimum Gasteiger partial charge on any atom is -0.481 e. The van der Waals surface area contributed by atoms with Crippen molar-refractivity contribution < 1.29 is 19.1 Å². The first kappa shape index (κ1) is 23.9. The number of ether oxygens (including phenoxy) is 2. The molecular formula is C22H31N5O4S. The zero-order chi connectivity index (χ0) is 23.3. The Labute approximate surface area is 192 Å². The van der Waals surface area contributed by atoms with Gasteiger partial charge in [0, 0.05) is 56.4 Å². The summed E-state index contributed by atoms with van der Waals surface area (Å²) < 4.78 is 10.9. The molecule has 1 fully saturated rings. The van der Waals surface area contributed by atoms with Gasteiger partial charge >= 0.3 is 6.09 Å². The van der Waals surface area contributed by atoms with Crippen LogP contribution in [0.3, 0.4) is 0 Å². The van der Waals surface area contributed by atoms with Gasteiger partial charge in [-0.15, -0.1) is 11.3 Å². The van der Waals surface area contributed by atoms with E-state index in [9.17, 15) is 9.59 Å². The number of anilines is 1. The molecule has 3 rings (SSSR count). The molecule has 174 valence electrons. The summed E-state index contributed by atoms with van der Waals surface area (Å²) in [6.45, 7) is 9.78. The molecule has 10 heteroatoms. The largest absolute Gasteiger partial charge is 0.481 e. The predicted octanol–water partition coefficient (Wildman–Crippen LogP) is 3.17. The van der Waals surface area contributed by atoms with Crippen molar-refractivity contribution in [1.82, 2.24) is 19.8 Å². The molecule has 3 heterocycles. The first-order chi connectivity index (χ1) is 15.1. The molecule has 9 nitrogen and oxygen atoms in total. The normalized spacial score (nSPS) is 17.2. The van der Waals surface area contributed by atoms with Crippen LogP contribution in [-0.2, 0) is 22.5 Å². The van der Waals surface area contributed by atoms with Gasteiger partial charge in [0.15, 0.2) is 5.13 Å². The van der Waals surface area contributed by atoms with E-state index < -0.39 is 5.60 Å². The fraction of sp³-hybridized carbons (Fsp3) is 0.545. The van der Waals surface area contributed by atoms with Crippen LogP contribution in [0, 0.1) is 0 Å². The Morgan fingerprint density at radius 3 is 2.75 bits per heavy atom. The Hall–Kier alpha value is -2.72. The highest BCUT2D eigenvalue weighted by Crippen LogP contribution is 2.24. The molecule has 1 N–H and O–H groups in total. The Kier molecular flexibility index (Phi) is 7.68. The molecule has 0 radical (unpaired) electrons. The van der Waals surface area contributed by atoms with E-state index in [0.717, 1.165) is 17.0 Å². The van der Waals surface area contributed by atoms with Crippen LogP contribution >= 0.6 is 11.3 Å². The maximum Gasteiger partial charge on any atom is 0.410 e. The van der Waals surface area contributed by atoms with Crippen molar-refractivity contribution >= 4 is 28.5 Å². The lowest BCUT2D eigenvalue weighted by molar-refractivity contribution is -0.114. The van der Waals surface area contributed by atoms with Gasteiger partial charge in [0.25, 0.3) is 0 Å². The Bertz CT molecular complexity index is 942. The van der Waals surface area contributed by atoms with Gasteiger partial charge in [0.2, 0.25) is 11.8 Å². The average molecular weight is 462 g/mol. The summed E-state index contributed by atoms with van der Waals surface area (Å²) in [6, 6.07) is 3.78. The molecule has 1 aliphatic heterocycles. The third-order valence-corrected chi connectivity index (χ3v) is 5.79. The number of hydrogen-bond donors (Lipinski definition) is 1. The molecule has 0 spiro atoms. The molecule has 1 saturated heterocycles. The van der Waals surface area contributed by atoms with Gasteiger partial charge < -0.3 is 19.7 Å². The third kappa shape index (κ3) is 6.89. The number of nitrogens with one attached hydrogen (secondary N) is 1. The molecule has 32 heavy (non-hydrogen) atoms. The summed E-state index contributed by atoms with van der Waals surface area (Å²) in [5.74, 6) is 0.416. The van der Waals surface area contributed by atoms with Crippen LogP contribution in [0.25, 0.3) is 0 Å². The summed E-state index contributed by atoms with van der Waals surface area (Å²) in [7, 11) is 1.59. The van der Waals surface area contributed by atoms with Crippen molar-refractivity contribution in [3.8, 4) is 5.88 Å². The van der Waals surface area contributed by atoms with E-state index in [1.165, 1.54) is 18.3 Å². The van der Waals surface area contributed by atoms with Crippen LogP contribution in [-0.4, -0.2) is 70.2 Å². The maximum atomic E-state index is 12.9. The van der Waals surface area contributed by atoms with Crippen molar-refractivity contribution in [3.05, 3.63) is 35.0 Å². The molecule has 1 atom stereocenters. The summed E-state index contributed by atoms with van der Waals surface area (Å²) in [5, 5.41) is 3.32. The van der Waals surface area contributed by atoms with Gasteiger partial charge in [0.1, 0.15) is 5.60 Å². The number of hydrogen-bond acceptors (Lipinski definition) is 8. The lowest BCUT2D eigenvalue weighted by Crippen LogP contribution is -2.56. The van der Waals surface area contributed by atoms with Crippen LogP contribution in [0.4, 0.5) is 9.93 Å². The van der Waals surface area contributed by atoms with Crippen LogP contribution in [0.15, 0.2) is 24.5 Å². The fourth-order valence-corrected chi connectivity index (χ4v) is 4.47. The van der Waals surface area contributed by atoms with E-state index in [1.54, 1.807) is 19.5 Å². The molecule has 0 saturated carbocycles. The van der Waals surface area contributed by atoms with E-state index in [1.807, 2.05) is 37.8 Å². The number of aromatic nitrogens is 2. The predicted molar refractivity (Wildman–Crippen MR) is 123 cm³/mol. The molecule has 2 amide bonds. The number of rotatable bonds is 6. The average Bonchev–Trinajstić information content (AvgIpc) is 3.13. The smallest absolute Gasteiger partial charge is 0.410 e. The summed E-state index contributed by atoms with van der Waals surface area (Å²) in [5.41, 5.74) is 0.490. The third-order valence-electron chi connectivity index (χ3n) is 4.89. The van der Waals surface area contributed by atoms with Gasteiger partial charge in [0.05, 0.1) is 13.2 Å². The van der Waals surface area contributed by atoms with Gasteiger partial charge in [-0.05, 0) is 38.8 Å². The topological polar surface area (TPSA) is 96.9 Å². The zero-order valence-corrected chi connectivity index (χ0v) is 20.1. The maximum absolute atomic E-state index is 12.9. The Morgan fingerprint density at radius 1 is 1.28 bits per heavy atom. The monoisotopic (exact) mass is 461 g/mol. The van der Waals surface area contributed by atoms with Crippen LogP contribution < -0.4 is 10.1 Å². The Balaban J connectivity index is 1.73. The van der Waals surface area contributed by atoms with Crippen molar-refractivity contribution in [2.75, 3.05) is 32.1 Å². The van der Waals surface area contributed by atoms with Crippen molar-refractivity contribution in [1.29, 1.82) is 0 Å². The van der Waals surface area contributed by atoms with E-state index in [4.69, 9.17) is 9.47 Å². The second kappa shape index (κ2) is 10.3. The standard InChI is InChI=1S/C22H31N5O4S/c1-15(28)25-20-24-12-18(32-20)14-26-8-9-27(21(29)31-22(2,3)4)17(13-26)10-16-6-7-23-19(11-16)30-5/h6-7,11-12,17H,8-10,13-14H2,1-5H3,(H,24,25,28). The van der Waals surface area contributed by atoms with Crippen molar-refractivity contribution in [3.63, 3.8) is 0 Å². The molecular weight excluding hydrogens is 430 g/mol. The van der Waals surface area contributed by atoms with Crippen LogP contribution in [0.1, 0.15) is 38.1 Å². The molecule has 1 aliphatic rings. The van der Waals surface area contributed by atoms with Crippen molar-refractivity contribution in [2.45, 2.75) is 52.3 Å². The van der Waals surface area contributed by atoms with Gasteiger partial charge in [-0.2, -0.15) is 0 Å². The molecule has 0 bridgehead atoms. The minimum absolute atomic E-state index is 0.0616. The van der Waals surface area contributed by atoms with Crippen molar-refractivity contribution in [2.24, 2.45) is 0 Å². The number of methoxy groups -OCH3 is 1. The SMILES string of the molecule is COc1cc(CC2CN(Cc3cnc(NC(C)=O)s3)CCN2C(=O)OC(C)(C)C)ccn1. The first-order valence-corrected chi connectivity index (χ1v) is 11.4. The van der Waals surface area contributed by atoms with Crippen LogP contribution in [0.2, 0.25) is 0 Å². The number of amides is 2. The number of carbonyl (C=O) groups excluding carboxylic acids is 2. The van der Waals surface area contributed by atoms with Gasteiger partial charge in [-0.25, -0.2) is 14.8 Å².